The van der Waals surface area contributed by atoms with Gasteiger partial charge in [-0.3, -0.25) is 0 Å². The normalized spacial score (nSPS) is 16.6. The van der Waals surface area contributed by atoms with Gasteiger partial charge in [0.1, 0.15) is 12.5 Å². The van der Waals surface area contributed by atoms with Crippen molar-refractivity contribution >= 4 is 5.69 Å². The third-order valence-electron chi connectivity index (χ3n) is 3.11. The molecule has 1 saturated carbocycles. The van der Waals surface area contributed by atoms with E-state index in [9.17, 15) is 4.39 Å². The Hall–Kier alpha value is -1.17. The molecule has 0 aromatic heterocycles. The van der Waals surface area contributed by atoms with Gasteiger partial charge in [-0.1, -0.05) is 0 Å². The van der Waals surface area contributed by atoms with Crippen molar-refractivity contribution in [3.8, 4) is 0 Å². The van der Waals surface area contributed by atoms with Gasteiger partial charge in [0.2, 0.25) is 0 Å². The first kappa shape index (κ1) is 13.3. The summed E-state index contributed by atoms with van der Waals surface area (Å²) >= 11 is 0. The highest BCUT2D eigenvalue weighted by Crippen LogP contribution is 2.45. The van der Waals surface area contributed by atoms with Crippen LogP contribution in [-0.2, 0) is 9.47 Å². The van der Waals surface area contributed by atoms with E-state index in [1.165, 1.54) is 12.1 Å². The van der Waals surface area contributed by atoms with Crippen LogP contribution in [0.4, 0.5) is 10.1 Å². The molecular formula is C13H19FN2O2. The Labute approximate surface area is 106 Å². The zero-order valence-electron chi connectivity index (χ0n) is 10.3. The van der Waals surface area contributed by atoms with Crippen LogP contribution in [0.25, 0.3) is 0 Å². The SMILES string of the molecule is NCOCC1(COCNc2ccc(F)cc2)CC1. The average molecular weight is 254 g/mol. The summed E-state index contributed by atoms with van der Waals surface area (Å²) in [4.78, 5) is 0. The van der Waals surface area contributed by atoms with Crippen molar-refractivity contribution in [3.05, 3.63) is 30.1 Å². The molecule has 18 heavy (non-hydrogen) atoms. The fraction of sp³-hybridized carbons (Fsp3) is 0.538. The molecule has 0 atom stereocenters. The van der Waals surface area contributed by atoms with Crippen LogP contribution in [0, 0.1) is 11.2 Å². The van der Waals surface area contributed by atoms with Crippen LogP contribution in [0.2, 0.25) is 0 Å². The predicted molar refractivity (Wildman–Crippen MR) is 67.5 cm³/mol. The fourth-order valence-electron chi connectivity index (χ4n) is 1.75. The maximum atomic E-state index is 12.7. The molecule has 1 aromatic carbocycles. The van der Waals surface area contributed by atoms with E-state index >= 15 is 0 Å². The number of nitrogens with one attached hydrogen (secondary N) is 1. The molecule has 0 heterocycles. The molecule has 0 radical (unpaired) electrons. The Morgan fingerprint density at radius 2 is 1.83 bits per heavy atom. The Balaban J connectivity index is 1.62. The molecule has 100 valence electrons. The number of nitrogens with two attached hydrogens (primary N) is 1. The van der Waals surface area contributed by atoms with E-state index in [4.69, 9.17) is 15.2 Å². The number of ether oxygens (including phenoxy) is 2. The average Bonchev–Trinajstić information content (AvgIpc) is 3.15. The van der Waals surface area contributed by atoms with Crippen LogP contribution in [0.1, 0.15) is 12.8 Å². The topological polar surface area (TPSA) is 56.5 Å². The second-order valence-corrected chi connectivity index (χ2v) is 4.69. The van der Waals surface area contributed by atoms with Gasteiger partial charge in [-0.05, 0) is 37.1 Å². The van der Waals surface area contributed by atoms with E-state index in [1.54, 1.807) is 12.1 Å². The first-order valence-corrected chi connectivity index (χ1v) is 6.09. The van der Waals surface area contributed by atoms with Gasteiger partial charge >= 0.3 is 0 Å². The molecule has 1 aliphatic rings. The van der Waals surface area contributed by atoms with Gasteiger partial charge in [0.05, 0.1) is 19.9 Å². The highest BCUT2D eigenvalue weighted by molar-refractivity contribution is 5.42. The number of hydrogen-bond acceptors (Lipinski definition) is 4. The minimum absolute atomic E-state index is 0.170. The molecule has 2 rings (SSSR count). The third kappa shape index (κ3) is 3.94. The first-order valence-electron chi connectivity index (χ1n) is 6.09. The molecule has 1 aliphatic carbocycles. The van der Waals surface area contributed by atoms with Crippen molar-refractivity contribution in [3.63, 3.8) is 0 Å². The lowest BCUT2D eigenvalue weighted by atomic mass is 10.1. The van der Waals surface area contributed by atoms with Crippen LogP contribution in [-0.4, -0.2) is 26.7 Å². The lowest BCUT2D eigenvalue weighted by Gasteiger charge is -2.15. The molecule has 1 fully saturated rings. The second-order valence-electron chi connectivity index (χ2n) is 4.69. The molecular weight excluding hydrogens is 235 g/mol. The zero-order valence-corrected chi connectivity index (χ0v) is 10.3. The molecule has 0 spiro atoms. The quantitative estimate of drug-likeness (QED) is 0.550. The number of hydrogen-bond donors (Lipinski definition) is 2. The van der Waals surface area contributed by atoms with Crippen molar-refractivity contribution in [2.24, 2.45) is 11.1 Å². The van der Waals surface area contributed by atoms with Crippen LogP contribution < -0.4 is 11.1 Å². The molecule has 0 amide bonds. The molecule has 0 aliphatic heterocycles. The first-order chi connectivity index (χ1) is 8.74. The summed E-state index contributed by atoms with van der Waals surface area (Å²) in [5.74, 6) is -0.239. The molecule has 4 nitrogen and oxygen atoms in total. The van der Waals surface area contributed by atoms with Gasteiger partial charge in [-0.25, -0.2) is 4.39 Å². The highest BCUT2D eigenvalue weighted by Gasteiger charge is 2.43. The standard InChI is InChI=1S/C13H19FN2O2/c14-11-1-3-12(4-2-11)16-10-18-8-13(5-6-13)7-17-9-15/h1-4,16H,5-10,15H2. The second kappa shape index (κ2) is 6.13. The van der Waals surface area contributed by atoms with E-state index in [0.29, 0.717) is 19.9 Å². The molecule has 5 heteroatoms. The lowest BCUT2D eigenvalue weighted by Crippen LogP contribution is -2.21. The van der Waals surface area contributed by atoms with Gasteiger partial charge in [-0.15, -0.1) is 0 Å². The maximum Gasteiger partial charge on any atom is 0.123 e. The lowest BCUT2D eigenvalue weighted by molar-refractivity contribution is 0.0353. The van der Waals surface area contributed by atoms with Crippen molar-refractivity contribution in [1.82, 2.24) is 0 Å². The minimum atomic E-state index is -0.239. The Bertz CT molecular complexity index is 366. The van der Waals surface area contributed by atoms with E-state index in [-0.39, 0.29) is 18.0 Å². The maximum absolute atomic E-state index is 12.7. The van der Waals surface area contributed by atoms with Gasteiger partial charge in [0, 0.05) is 11.1 Å². The van der Waals surface area contributed by atoms with Crippen LogP contribution in [0.5, 0.6) is 0 Å². The Morgan fingerprint density at radius 3 is 2.44 bits per heavy atom. The monoisotopic (exact) mass is 254 g/mol. The molecule has 1 aromatic rings. The van der Waals surface area contributed by atoms with E-state index in [1.807, 2.05) is 0 Å². The zero-order chi connectivity index (χ0) is 12.8. The summed E-state index contributed by atoms with van der Waals surface area (Å²) in [5.41, 5.74) is 6.32. The largest absolute Gasteiger partial charge is 0.366 e. The number of rotatable bonds is 8. The van der Waals surface area contributed by atoms with Crippen LogP contribution in [0.15, 0.2) is 24.3 Å². The van der Waals surface area contributed by atoms with Crippen molar-refractivity contribution in [2.75, 3.05) is 32.0 Å². The smallest absolute Gasteiger partial charge is 0.123 e. The van der Waals surface area contributed by atoms with E-state index in [0.717, 1.165) is 18.5 Å². The Kier molecular flexibility index (Phi) is 4.52. The number of benzene rings is 1. The minimum Gasteiger partial charge on any atom is -0.366 e. The Morgan fingerprint density at radius 1 is 1.17 bits per heavy atom. The van der Waals surface area contributed by atoms with Crippen LogP contribution in [0.3, 0.4) is 0 Å². The summed E-state index contributed by atoms with van der Waals surface area (Å²) < 4.78 is 23.5. The van der Waals surface area contributed by atoms with E-state index in [2.05, 4.69) is 5.32 Å². The van der Waals surface area contributed by atoms with Gasteiger partial charge in [-0.2, -0.15) is 0 Å². The highest BCUT2D eigenvalue weighted by atomic mass is 19.1. The summed E-state index contributed by atoms with van der Waals surface area (Å²) in [5, 5.41) is 3.07. The number of anilines is 1. The molecule has 0 unspecified atom stereocenters. The van der Waals surface area contributed by atoms with Gasteiger partial charge in [0.25, 0.3) is 0 Å². The summed E-state index contributed by atoms with van der Waals surface area (Å²) in [6, 6.07) is 6.20. The summed E-state index contributed by atoms with van der Waals surface area (Å²) in [6.45, 7) is 2.01. The third-order valence-corrected chi connectivity index (χ3v) is 3.11. The van der Waals surface area contributed by atoms with Gasteiger partial charge < -0.3 is 20.5 Å². The molecule has 0 saturated heterocycles. The van der Waals surface area contributed by atoms with E-state index < -0.39 is 0 Å². The number of halogens is 1. The fourth-order valence-corrected chi connectivity index (χ4v) is 1.75. The predicted octanol–water partition coefficient (Wildman–Crippen LogP) is 1.92. The van der Waals surface area contributed by atoms with Crippen molar-refractivity contribution in [1.29, 1.82) is 0 Å². The molecule has 3 N–H and O–H groups in total. The van der Waals surface area contributed by atoms with Crippen molar-refractivity contribution in [2.45, 2.75) is 12.8 Å². The summed E-state index contributed by atoms with van der Waals surface area (Å²) in [7, 11) is 0. The van der Waals surface area contributed by atoms with Crippen molar-refractivity contribution < 1.29 is 13.9 Å². The van der Waals surface area contributed by atoms with Gasteiger partial charge in [0.15, 0.2) is 0 Å². The summed E-state index contributed by atoms with van der Waals surface area (Å²) in [6.07, 6.45) is 2.26. The van der Waals surface area contributed by atoms with Crippen LogP contribution >= 0.6 is 0 Å². The molecule has 0 bridgehead atoms.